The van der Waals surface area contributed by atoms with Gasteiger partial charge in [0.2, 0.25) is 0 Å². The average molecular weight is 118 g/mol. The molecule has 0 radical (unpaired) electrons. The summed E-state index contributed by atoms with van der Waals surface area (Å²) in [6.07, 6.45) is 0.464. The maximum atomic E-state index is 5.33. The molecule has 1 nitrogen and oxygen atoms in total. The summed E-state index contributed by atoms with van der Waals surface area (Å²) in [5.41, 5.74) is 0. The quantitative estimate of drug-likeness (QED) is 0.501. The minimum Gasteiger partial charge on any atom is -0.422 e. The van der Waals surface area contributed by atoms with Crippen LogP contribution in [0.4, 0.5) is 0 Å². The number of hydrogen-bond donors (Lipinski definition) is 0. The van der Waals surface area contributed by atoms with E-state index >= 15 is 0 Å². The lowest BCUT2D eigenvalue weighted by atomic mass is 10.5. The van der Waals surface area contributed by atoms with E-state index in [1.807, 2.05) is 0 Å². The molecule has 0 aromatic heterocycles. The van der Waals surface area contributed by atoms with Gasteiger partial charge in [-0.1, -0.05) is 6.92 Å². The van der Waals surface area contributed by atoms with E-state index in [-0.39, 0.29) is 9.76 Å². The first-order chi connectivity index (χ1) is 3.27. The molecule has 0 aliphatic rings. The van der Waals surface area contributed by atoms with Crippen LogP contribution in [0.2, 0.25) is 6.04 Å². The van der Waals surface area contributed by atoms with Gasteiger partial charge in [-0.15, -0.1) is 0 Å². The molecule has 0 unspecified atom stereocenters. The normalized spacial score (nSPS) is 12.0. The number of hydrogen-bond acceptors (Lipinski definition) is 1. The van der Waals surface area contributed by atoms with Crippen molar-refractivity contribution in [1.29, 1.82) is 0 Å². The summed E-state index contributed by atoms with van der Waals surface area (Å²) in [4.78, 5) is 0. The summed E-state index contributed by atoms with van der Waals surface area (Å²) in [5.74, 6) is 0. The Morgan fingerprint density at radius 1 is 1.57 bits per heavy atom. The highest BCUT2D eigenvalue weighted by Crippen LogP contribution is 1.85. The standard InChI is InChI=1S/C5H14OSi/c1-4-7-6-5(2)3/h5H,4,7H2,1-3H3. The first-order valence-electron chi connectivity index (χ1n) is 2.89. The third kappa shape index (κ3) is 6.18. The van der Waals surface area contributed by atoms with Crippen LogP contribution in [0.15, 0.2) is 0 Å². The van der Waals surface area contributed by atoms with Gasteiger partial charge in [0, 0.05) is 6.10 Å². The first kappa shape index (κ1) is 7.18. The van der Waals surface area contributed by atoms with Gasteiger partial charge in [-0.2, -0.15) is 0 Å². The lowest BCUT2D eigenvalue weighted by Gasteiger charge is -2.03. The molecule has 7 heavy (non-hydrogen) atoms. The zero-order chi connectivity index (χ0) is 5.70. The van der Waals surface area contributed by atoms with Crippen molar-refractivity contribution >= 4 is 9.76 Å². The maximum absolute atomic E-state index is 5.33. The second-order valence-electron chi connectivity index (χ2n) is 1.92. The highest BCUT2D eigenvalue weighted by molar-refractivity contribution is 6.26. The largest absolute Gasteiger partial charge is 0.422 e. The van der Waals surface area contributed by atoms with Crippen molar-refractivity contribution in [3.8, 4) is 0 Å². The van der Waals surface area contributed by atoms with Crippen molar-refractivity contribution in [2.75, 3.05) is 0 Å². The summed E-state index contributed by atoms with van der Waals surface area (Å²) < 4.78 is 5.33. The highest BCUT2D eigenvalue weighted by atomic mass is 28.2. The molecule has 0 amide bonds. The van der Waals surface area contributed by atoms with E-state index in [0.29, 0.717) is 6.10 Å². The van der Waals surface area contributed by atoms with Gasteiger partial charge in [0.1, 0.15) is 0 Å². The molecule has 2 heteroatoms. The van der Waals surface area contributed by atoms with Crippen LogP contribution in [0.3, 0.4) is 0 Å². The van der Waals surface area contributed by atoms with Crippen LogP contribution in [0.1, 0.15) is 20.8 Å². The summed E-state index contributed by atoms with van der Waals surface area (Å²) in [6, 6.07) is 1.26. The summed E-state index contributed by atoms with van der Waals surface area (Å²) in [6.45, 7) is 6.35. The molecule has 0 saturated heterocycles. The van der Waals surface area contributed by atoms with E-state index in [2.05, 4.69) is 20.8 Å². The van der Waals surface area contributed by atoms with E-state index in [9.17, 15) is 0 Å². The topological polar surface area (TPSA) is 9.23 Å². The summed E-state index contributed by atoms with van der Waals surface area (Å²) in [5, 5.41) is 0. The molecule has 0 aliphatic heterocycles. The molecule has 0 atom stereocenters. The Balaban J connectivity index is 2.68. The molecule has 0 spiro atoms. The zero-order valence-corrected chi connectivity index (χ0v) is 6.81. The van der Waals surface area contributed by atoms with Crippen LogP contribution in [0.5, 0.6) is 0 Å². The maximum Gasteiger partial charge on any atom is 0.161 e. The van der Waals surface area contributed by atoms with Gasteiger partial charge in [0.15, 0.2) is 9.76 Å². The Hall–Kier alpha value is 0.177. The van der Waals surface area contributed by atoms with Crippen LogP contribution < -0.4 is 0 Å². The van der Waals surface area contributed by atoms with Gasteiger partial charge in [-0.05, 0) is 19.9 Å². The molecule has 0 rings (SSSR count). The molecule has 0 N–H and O–H groups in total. The van der Waals surface area contributed by atoms with Gasteiger partial charge < -0.3 is 4.43 Å². The zero-order valence-electron chi connectivity index (χ0n) is 5.40. The first-order valence-corrected chi connectivity index (χ1v) is 4.46. The minimum absolute atomic E-state index is 0.126. The second-order valence-corrected chi connectivity index (χ2v) is 3.66. The molecule has 0 saturated carbocycles. The fourth-order valence-electron chi connectivity index (χ4n) is 0.354. The highest BCUT2D eigenvalue weighted by Gasteiger charge is 1.87. The molecule has 0 aromatic carbocycles. The molecular formula is C5H14OSi. The van der Waals surface area contributed by atoms with Crippen LogP contribution in [0, 0.1) is 0 Å². The van der Waals surface area contributed by atoms with Crippen molar-refractivity contribution in [2.24, 2.45) is 0 Å². The predicted octanol–water partition coefficient (Wildman–Crippen LogP) is 0.933. The van der Waals surface area contributed by atoms with Crippen LogP contribution >= 0.6 is 0 Å². The molecule has 0 fully saturated rings. The average Bonchev–Trinajstić information content (AvgIpc) is 1.61. The molecular weight excluding hydrogens is 104 g/mol. The smallest absolute Gasteiger partial charge is 0.161 e. The van der Waals surface area contributed by atoms with Crippen molar-refractivity contribution in [2.45, 2.75) is 32.9 Å². The van der Waals surface area contributed by atoms with E-state index < -0.39 is 0 Å². The van der Waals surface area contributed by atoms with Gasteiger partial charge in [0.25, 0.3) is 0 Å². The third-order valence-corrected chi connectivity index (χ3v) is 1.97. The SMILES string of the molecule is CC[SiH2]OC(C)C. The van der Waals surface area contributed by atoms with E-state index in [1.165, 1.54) is 6.04 Å². The number of rotatable bonds is 3. The Morgan fingerprint density at radius 2 is 2.14 bits per heavy atom. The fourth-order valence-corrected chi connectivity index (χ4v) is 1.06. The molecule has 44 valence electrons. The molecule has 0 bridgehead atoms. The van der Waals surface area contributed by atoms with E-state index in [4.69, 9.17) is 4.43 Å². The third-order valence-electron chi connectivity index (χ3n) is 0.655. The van der Waals surface area contributed by atoms with Gasteiger partial charge >= 0.3 is 0 Å². The molecule has 0 aliphatic carbocycles. The minimum atomic E-state index is -0.126. The Labute approximate surface area is 48.0 Å². The van der Waals surface area contributed by atoms with Gasteiger partial charge in [-0.3, -0.25) is 0 Å². The fraction of sp³-hybridized carbons (Fsp3) is 1.00. The van der Waals surface area contributed by atoms with Crippen molar-refractivity contribution in [1.82, 2.24) is 0 Å². The van der Waals surface area contributed by atoms with Crippen LogP contribution in [-0.2, 0) is 4.43 Å². The van der Waals surface area contributed by atoms with Crippen molar-refractivity contribution in [3.63, 3.8) is 0 Å². The molecule has 0 heterocycles. The monoisotopic (exact) mass is 118 g/mol. The summed E-state index contributed by atoms with van der Waals surface area (Å²) in [7, 11) is -0.126. The Bertz CT molecular complexity index is 37.1. The second kappa shape index (κ2) is 4.34. The van der Waals surface area contributed by atoms with E-state index in [1.54, 1.807) is 0 Å². The summed E-state index contributed by atoms with van der Waals surface area (Å²) >= 11 is 0. The molecule has 0 aromatic rings. The van der Waals surface area contributed by atoms with Crippen molar-refractivity contribution < 1.29 is 4.43 Å². The van der Waals surface area contributed by atoms with E-state index in [0.717, 1.165) is 0 Å². The van der Waals surface area contributed by atoms with Crippen LogP contribution in [-0.4, -0.2) is 15.9 Å². The van der Waals surface area contributed by atoms with Gasteiger partial charge in [0.05, 0.1) is 0 Å². The lowest BCUT2D eigenvalue weighted by Crippen LogP contribution is -2.05. The predicted molar refractivity (Wildman–Crippen MR) is 35.2 cm³/mol. The lowest BCUT2D eigenvalue weighted by molar-refractivity contribution is 0.256. The Morgan fingerprint density at radius 3 is 2.29 bits per heavy atom. The Kier molecular flexibility index (Phi) is 4.45. The van der Waals surface area contributed by atoms with Crippen molar-refractivity contribution in [3.05, 3.63) is 0 Å². The van der Waals surface area contributed by atoms with Gasteiger partial charge in [-0.25, -0.2) is 0 Å². The van der Waals surface area contributed by atoms with Crippen LogP contribution in [0.25, 0.3) is 0 Å².